The summed E-state index contributed by atoms with van der Waals surface area (Å²) in [4.78, 5) is 0. The third kappa shape index (κ3) is 2.01. The maximum Gasteiger partial charge on any atom is 0.0632 e. The summed E-state index contributed by atoms with van der Waals surface area (Å²) in [6.07, 6.45) is 7.84. The second-order valence-electron chi connectivity index (χ2n) is 6.25. The van der Waals surface area contributed by atoms with Crippen molar-refractivity contribution in [1.82, 2.24) is 5.01 Å². The van der Waals surface area contributed by atoms with Gasteiger partial charge in [0, 0.05) is 13.6 Å². The molecule has 0 aromatic rings. The lowest BCUT2D eigenvalue weighted by Crippen LogP contribution is -2.50. The van der Waals surface area contributed by atoms with Gasteiger partial charge >= 0.3 is 0 Å². The average molecular weight is 224 g/mol. The molecule has 0 aliphatic heterocycles. The molecule has 0 amide bonds. The smallest absolute Gasteiger partial charge is 0.0632 e. The van der Waals surface area contributed by atoms with Crippen molar-refractivity contribution < 1.29 is 4.74 Å². The number of ether oxygens (including phenoxy) is 1. The predicted molar refractivity (Wildman–Crippen MR) is 63.6 cm³/mol. The fraction of sp³-hybridized carbons (Fsp3) is 1.00. The number of hydrazine groups is 1. The first-order chi connectivity index (χ1) is 7.72. The first-order valence-corrected chi connectivity index (χ1v) is 6.80. The van der Waals surface area contributed by atoms with E-state index in [1.165, 1.54) is 32.1 Å². The van der Waals surface area contributed by atoms with Crippen molar-refractivity contribution in [2.24, 2.45) is 29.5 Å². The third-order valence-electron chi connectivity index (χ3n) is 4.89. The van der Waals surface area contributed by atoms with Gasteiger partial charge in [0.2, 0.25) is 0 Å². The van der Waals surface area contributed by atoms with Gasteiger partial charge in [0.15, 0.2) is 0 Å². The highest BCUT2D eigenvalue weighted by molar-refractivity contribution is 4.98. The lowest BCUT2D eigenvalue weighted by Gasteiger charge is -2.54. The zero-order valence-corrected chi connectivity index (χ0v) is 10.3. The van der Waals surface area contributed by atoms with Gasteiger partial charge in [-0.15, -0.1) is 0 Å². The number of hydrogen-bond acceptors (Lipinski definition) is 3. The van der Waals surface area contributed by atoms with Crippen LogP contribution in [0.4, 0.5) is 0 Å². The summed E-state index contributed by atoms with van der Waals surface area (Å²) in [5.74, 6) is 9.44. The summed E-state index contributed by atoms with van der Waals surface area (Å²) in [6.45, 7) is 1.66. The van der Waals surface area contributed by atoms with Gasteiger partial charge in [-0.25, -0.2) is 5.01 Å². The summed E-state index contributed by atoms with van der Waals surface area (Å²) in [6, 6.07) is 0. The standard InChI is InChI=1S/C13H24N2O/c1-15(14)2-3-16-13-11-5-9-4-10(7-11)8-12(13)6-9/h9-13H,2-8,14H2,1H3. The monoisotopic (exact) mass is 224 g/mol. The molecule has 4 bridgehead atoms. The van der Waals surface area contributed by atoms with E-state index in [1.54, 1.807) is 5.01 Å². The van der Waals surface area contributed by atoms with Gasteiger partial charge in [0.05, 0.1) is 12.7 Å². The zero-order chi connectivity index (χ0) is 11.1. The number of rotatable bonds is 4. The van der Waals surface area contributed by atoms with Crippen LogP contribution in [0, 0.1) is 23.7 Å². The lowest BCUT2D eigenvalue weighted by molar-refractivity contribution is -0.127. The lowest BCUT2D eigenvalue weighted by atomic mass is 9.55. The van der Waals surface area contributed by atoms with Crippen LogP contribution in [-0.2, 0) is 4.74 Å². The van der Waals surface area contributed by atoms with Crippen molar-refractivity contribution in [2.45, 2.75) is 38.2 Å². The Labute approximate surface area is 98.3 Å². The van der Waals surface area contributed by atoms with Crippen LogP contribution >= 0.6 is 0 Å². The largest absolute Gasteiger partial charge is 0.376 e. The van der Waals surface area contributed by atoms with Crippen LogP contribution in [0.1, 0.15) is 32.1 Å². The summed E-state index contributed by atoms with van der Waals surface area (Å²) >= 11 is 0. The van der Waals surface area contributed by atoms with E-state index in [0.29, 0.717) is 6.10 Å². The number of hydrogen-bond donors (Lipinski definition) is 1. The zero-order valence-electron chi connectivity index (χ0n) is 10.3. The Morgan fingerprint density at radius 1 is 1.06 bits per heavy atom. The van der Waals surface area contributed by atoms with Crippen molar-refractivity contribution in [3.05, 3.63) is 0 Å². The highest BCUT2D eigenvalue weighted by Gasteiger charge is 2.48. The number of likely N-dealkylation sites (N-methyl/N-ethyl adjacent to an activating group) is 1. The molecule has 3 nitrogen and oxygen atoms in total. The van der Waals surface area contributed by atoms with Gasteiger partial charge in [0.25, 0.3) is 0 Å². The molecule has 0 heterocycles. The first kappa shape index (κ1) is 11.0. The van der Waals surface area contributed by atoms with E-state index in [1.807, 2.05) is 7.05 Å². The van der Waals surface area contributed by atoms with E-state index >= 15 is 0 Å². The highest BCUT2D eigenvalue weighted by Crippen LogP contribution is 2.54. The van der Waals surface area contributed by atoms with Crippen molar-refractivity contribution in [3.63, 3.8) is 0 Å². The SMILES string of the molecule is CN(N)CCOC1C2CC3CC(C2)CC1C3. The molecule has 0 saturated heterocycles. The Balaban J connectivity index is 1.55. The molecule has 16 heavy (non-hydrogen) atoms. The van der Waals surface area contributed by atoms with E-state index in [4.69, 9.17) is 10.6 Å². The van der Waals surface area contributed by atoms with Crippen molar-refractivity contribution in [2.75, 3.05) is 20.2 Å². The molecule has 92 valence electrons. The van der Waals surface area contributed by atoms with Crippen molar-refractivity contribution in [3.8, 4) is 0 Å². The van der Waals surface area contributed by atoms with Gasteiger partial charge < -0.3 is 4.74 Å². The van der Waals surface area contributed by atoms with E-state index in [-0.39, 0.29) is 0 Å². The Morgan fingerprint density at radius 2 is 1.62 bits per heavy atom. The van der Waals surface area contributed by atoms with Gasteiger partial charge in [-0.2, -0.15) is 0 Å². The molecule has 4 fully saturated rings. The van der Waals surface area contributed by atoms with Crippen LogP contribution in [0.2, 0.25) is 0 Å². The van der Waals surface area contributed by atoms with E-state index < -0.39 is 0 Å². The van der Waals surface area contributed by atoms with Crippen molar-refractivity contribution in [1.29, 1.82) is 0 Å². The molecule has 2 N–H and O–H groups in total. The molecule has 0 aromatic carbocycles. The normalized spacial score (nSPS) is 45.6. The molecule has 0 radical (unpaired) electrons. The predicted octanol–water partition coefficient (Wildman–Crippen LogP) is 1.63. The molecule has 4 saturated carbocycles. The van der Waals surface area contributed by atoms with E-state index in [2.05, 4.69) is 0 Å². The molecular formula is C13H24N2O. The molecule has 0 aromatic heterocycles. The molecular weight excluding hydrogens is 200 g/mol. The minimum Gasteiger partial charge on any atom is -0.376 e. The van der Waals surface area contributed by atoms with Crippen LogP contribution in [0.3, 0.4) is 0 Å². The maximum atomic E-state index is 6.11. The third-order valence-corrected chi connectivity index (χ3v) is 4.89. The second kappa shape index (κ2) is 4.28. The highest BCUT2D eigenvalue weighted by atomic mass is 16.5. The molecule has 0 atom stereocenters. The fourth-order valence-electron chi connectivity index (χ4n) is 4.48. The molecule has 4 aliphatic carbocycles. The molecule has 4 aliphatic rings. The van der Waals surface area contributed by atoms with Crippen molar-refractivity contribution >= 4 is 0 Å². The summed E-state index contributed by atoms with van der Waals surface area (Å²) < 4.78 is 6.11. The molecule has 0 spiro atoms. The minimum absolute atomic E-state index is 0.563. The Bertz CT molecular complexity index is 226. The Kier molecular flexibility index (Phi) is 2.94. The van der Waals surface area contributed by atoms with Gasteiger partial charge in [-0.3, -0.25) is 5.84 Å². The maximum absolute atomic E-state index is 6.11. The Morgan fingerprint density at radius 3 is 2.12 bits per heavy atom. The second-order valence-corrected chi connectivity index (χ2v) is 6.25. The number of nitrogens with two attached hydrogens (primary N) is 1. The van der Waals surface area contributed by atoms with Gasteiger partial charge in [-0.05, 0) is 55.8 Å². The molecule has 4 rings (SSSR count). The summed E-state index contributed by atoms with van der Waals surface area (Å²) in [7, 11) is 1.90. The quantitative estimate of drug-likeness (QED) is 0.583. The van der Waals surface area contributed by atoms with Crippen LogP contribution in [0.25, 0.3) is 0 Å². The molecule has 0 unspecified atom stereocenters. The van der Waals surface area contributed by atoms with Gasteiger partial charge in [0.1, 0.15) is 0 Å². The van der Waals surface area contributed by atoms with Crippen LogP contribution in [-0.4, -0.2) is 31.3 Å². The number of nitrogens with zero attached hydrogens (tertiary/aromatic N) is 1. The fourth-order valence-corrected chi connectivity index (χ4v) is 4.48. The van der Waals surface area contributed by atoms with Gasteiger partial charge in [-0.1, -0.05) is 0 Å². The topological polar surface area (TPSA) is 38.5 Å². The van der Waals surface area contributed by atoms with Crippen LogP contribution in [0.5, 0.6) is 0 Å². The van der Waals surface area contributed by atoms with Crippen LogP contribution in [0.15, 0.2) is 0 Å². The minimum atomic E-state index is 0.563. The first-order valence-electron chi connectivity index (χ1n) is 6.80. The summed E-state index contributed by atoms with van der Waals surface area (Å²) in [5.41, 5.74) is 0. The average Bonchev–Trinajstić information content (AvgIpc) is 2.20. The summed E-state index contributed by atoms with van der Waals surface area (Å²) in [5, 5.41) is 1.72. The van der Waals surface area contributed by atoms with E-state index in [9.17, 15) is 0 Å². The molecule has 3 heteroatoms. The van der Waals surface area contributed by atoms with Crippen LogP contribution < -0.4 is 5.84 Å². The van der Waals surface area contributed by atoms with E-state index in [0.717, 1.165) is 36.8 Å². The Hall–Kier alpha value is -0.120.